The van der Waals surface area contributed by atoms with Crippen molar-refractivity contribution in [1.82, 2.24) is 0 Å². The summed E-state index contributed by atoms with van der Waals surface area (Å²) in [7, 11) is 5.33. The zero-order valence-electron chi connectivity index (χ0n) is 52.3. The van der Waals surface area contributed by atoms with Gasteiger partial charge in [0, 0.05) is 33.8 Å². The van der Waals surface area contributed by atoms with E-state index in [1.165, 1.54) is 22.3 Å². The molecule has 444 valence electrons. The molecule has 6 rings (SSSR count). The van der Waals surface area contributed by atoms with Crippen LogP contribution in [0.15, 0.2) is 121 Å². The third-order valence-corrected chi connectivity index (χ3v) is 15.1. The van der Waals surface area contributed by atoms with Crippen LogP contribution in [0.5, 0.6) is 34.5 Å². The van der Waals surface area contributed by atoms with Crippen LogP contribution in [0.25, 0.3) is 0 Å². The van der Waals surface area contributed by atoms with Crippen molar-refractivity contribution in [1.29, 1.82) is 0 Å². The fourth-order valence-electron chi connectivity index (χ4n) is 8.11. The van der Waals surface area contributed by atoms with Crippen LogP contribution in [0, 0.1) is 12.1 Å². The van der Waals surface area contributed by atoms with Crippen molar-refractivity contribution in [3.8, 4) is 34.5 Å². The first-order valence-corrected chi connectivity index (χ1v) is 33.4. The Morgan fingerprint density at radius 2 is 0.500 bits per heavy atom. The van der Waals surface area contributed by atoms with Crippen molar-refractivity contribution in [2.24, 2.45) is 0 Å². The second kappa shape index (κ2) is 29.1. The van der Waals surface area contributed by atoms with Crippen molar-refractivity contribution >= 4 is 36.3 Å². The second-order valence-electron chi connectivity index (χ2n) is 28.3. The van der Waals surface area contributed by atoms with Crippen molar-refractivity contribution in [2.45, 2.75) is 209 Å². The van der Waals surface area contributed by atoms with E-state index in [1.807, 2.05) is 48.5 Å². The zero-order valence-corrected chi connectivity index (χ0v) is 58.7. The van der Waals surface area contributed by atoms with Crippen molar-refractivity contribution in [3.05, 3.63) is 178 Å². The zero-order chi connectivity index (χ0) is 61.0. The maximum atomic E-state index is 6.61. The molecular weight excluding hydrogens is 1260 g/mol. The molecular formula is C68H92Cl2O6P2Pd2. The molecule has 0 amide bonds. The first-order valence-electron chi connectivity index (χ1n) is 27.2. The molecule has 0 bridgehead atoms. The molecule has 0 heterocycles. The standard InChI is InChI=1S/2C34H46O3P.2ClH.2Pd/c2*1-31(2,3)24-18-20-29(27(22-24)33(7,8)9)36-38(35-26-16-14-13-15-17-26)37-30-21-19-25(32(4,5)6)23-28(30)34(10,11)12;;;;/h2*13-16,18-23H,1-12H3;2*1H;;/q2*-1;;;2*+2/p-2. The summed E-state index contributed by atoms with van der Waals surface area (Å²) in [5.41, 5.74) is 9.22. The van der Waals surface area contributed by atoms with E-state index >= 15 is 0 Å². The Balaban J connectivity index is 0.000000396. The summed E-state index contributed by atoms with van der Waals surface area (Å²) in [6, 6.07) is 47.3. The van der Waals surface area contributed by atoms with E-state index in [9.17, 15) is 0 Å². The maximum absolute atomic E-state index is 6.61. The van der Waals surface area contributed by atoms with Crippen molar-refractivity contribution < 1.29 is 63.5 Å². The van der Waals surface area contributed by atoms with E-state index < -0.39 is 17.2 Å². The Labute approximate surface area is 517 Å². The van der Waals surface area contributed by atoms with Gasteiger partial charge in [-0.2, -0.15) is 36.4 Å². The molecule has 6 aromatic carbocycles. The SMILES string of the molecule is CC(C)(C)c1ccc(OP(Oc2[c-]cccc2)Oc2ccc(C(C)(C)C)cc2C(C)(C)C)c(C(C)(C)C)c1.CC(C)(C)c1ccc(OP(Oc2[c-]cccc2)Oc2ccc(C(C)(C)C)cc2C(C)(C)C)c(C(C)(C)C)c1.[Cl][Pd+].[Cl][Pd+]. The van der Waals surface area contributed by atoms with Gasteiger partial charge in [-0.05, 0) is 89.8 Å². The fraction of sp³-hybridized carbons (Fsp3) is 0.471. The molecule has 80 heavy (non-hydrogen) atoms. The van der Waals surface area contributed by atoms with Gasteiger partial charge in [-0.15, -0.1) is 24.3 Å². The average Bonchev–Trinajstić information content (AvgIpc) is 3.34. The van der Waals surface area contributed by atoms with E-state index in [1.54, 1.807) is 0 Å². The van der Waals surface area contributed by atoms with Gasteiger partial charge in [-0.3, -0.25) is 0 Å². The minimum absolute atomic E-state index is 0.0334. The Morgan fingerprint density at radius 1 is 0.287 bits per heavy atom. The Hall–Kier alpha value is -3.12. The molecule has 6 nitrogen and oxygen atoms in total. The van der Waals surface area contributed by atoms with E-state index in [0.717, 1.165) is 45.3 Å². The van der Waals surface area contributed by atoms with Crippen molar-refractivity contribution in [2.75, 3.05) is 0 Å². The quantitative estimate of drug-likeness (QED) is 0.0691. The van der Waals surface area contributed by atoms with Crippen LogP contribution in [-0.2, 0) is 79.7 Å². The molecule has 0 radical (unpaired) electrons. The molecule has 0 aromatic heterocycles. The summed E-state index contributed by atoms with van der Waals surface area (Å²) in [6.45, 7) is 53.3. The molecule has 0 aliphatic carbocycles. The normalized spacial score (nSPS) is 12.5. The average molecular weight is 1350 g/mol. The third kappa shape index (κ3) is 21.8. The summed E-state index contributed by atoms with van der Waals surface area (Å²) < 4.78 is 39.1. The van der Waals surface area contributed by atoms with Gasteiger partial charge in [0.2, 0.25) is 0 Å². The van der Waals surface area contributed by atoms with Crippen molar-refractivity contribution in [3.63, 3.8) is 0 Å². The number of hydrogen-bond donors (Lipinski definition) is 0. The molecule has 0 fully saturated rings. The van der Waals surface area contributed by atoms with Crippen LogP contribution >= 0.6 is 36.3 Å². The van der Waals surface area contributed by atoms with Crippen LogP contribution in [0.2, 0.25) is 0 Å². The number of para-hydroxylation sites is 2. The molecule has 12 heteroatoms. The molecule has 0 aliphatic heterocycles. The van der Waals surface area contributed by atoms with Gasteiger partial charge in [0.1, 0.15) is 23.0 Å². The molecule has 6 aromatic rings. The summed E-state index contributed by atoms with van der Waals surface area (Å²) >= 11 is 4.44. The van der Waals surface area contributed by atoms with E-state index in [0.29, 0.717) is 11.5 Å². The van der Waals surface area contributed by atoms with Gasteiger partial charge in [0.05, 0.1) is 0 Å². The van der Waals surface area contributed by atoms with Gasteiger partial charge in [-0.1, -0.05) is 215 Å². The van der Waals surface area contributed by atoms with Crippen LogP contribution in [0.1, 0.15) is 211 Å². The number of benzene rings is 6. The van der Waals surface area contributed by atoms with Gasteiger partial charge in [-0.25, -0.2) is 0 Å². The van der Waals surface area contributed by atoms with Gasteiger partial charge in [0.25, 0.3) is 0 Å². The van der Waals surface area contributed by atoms with Crippen LogP contribution in [0.3, 0.4) is 0 Å². The van der Waals surface area contributed by atoms with Crippen LogP contribution < -0.4 is 27.1 Å². The van der Waals surface area contributed by atoms with Gasteiger partial charge < -0.3 is 27.1 Å². The first kappa shape index (κ1) is 71.1. The van der Waals surface area contributed by atoms with E-state index in [2.05, 4.69) is 307 Å². The Bertz CT molecular complexity index is 2510. The molecule has 0 atom stereocenters. The predicted octanol–water partition coefficient (Wildman–Crippen LogP) is 22.3. The third-order valence-electron chi connectivity index (χ3n) is 13.0. The number of hydrogen-bond acceptors (Lipinski definition) is 6. The molecule has 0 saturated heterocycles. The summed E-state index contributed by atoms with van der Waals surface area (Å²) in [5, 5.41) is 0. The molecule has 0 spiro atoms. The van der Waals surface area contributed by atoms with Crippen LogP contribution in [0.4, 0.5) is 0 Å². The van der Waals surface area contributed by atoms with Crippen LogP contribution in [-0.4, -0.2) is 0 Å². The topological polar surface area (TPSA) is 55.4 Å². The van der Waals surface area contributed by atoms with Gasteiger partial charge >= 0.3 is 72.6 Å². The summed E-state index contributed by atoms with van der Waals surface area (Å²) in [4.78, 5) is 0. The monoisotopic (exact) mass is 1350 g/mol. The fourth-order valence-corrected chi connectivity index (χ4v) is 10.2. The molecule has 0 N–H and O–H groups in total. The minimum atomic E-state index is -1.82. The molecule has 0 saturated carbocycles. The molecule has 0 aliphatic rings. The number of halogens is 2. The summed E-state index contributed by atoms with van der Waals surface area (Å²) in [6.07, 6.45) is 0. The Kier molecular flexibility index (Phi) is 25.9. The van der Waals surface area contributed by atoms with Gasteiger partial charge in [0.15, 0.2) is 0 Å². The summed E-state index contributed by atoms with van der Waals surface area (Å²) in [5.74, 6) is 4.27. The predicted molar refractivity (Wildman–Crippen MR) is 335 cm³/mol. The Morgan fingerprint density at radius 3 is 0.662 bits per heavy atom. The molecule has 0 unspecified atom stereocenters. The van der Waals surface area contributed by atoms with E-state index in [4.69, 9.17) is 27.1 Å². The van der Waals surface area contributed by atoms with E-state index in [-0.39, 0.29) is 43.3 Å². The second-order valence-corrected chi connectivity index (χ2v) is 30.3. The first-order chi connectivity index (χ1) is 36.7. The number of rotatable bonds is 12.